The van der Waals surface area contributed by atoms with E-state index < -0.39 is 6.10 Å². The predicted molar refractivity (Wildman–Crippen MR) is 83.4 cm³/mol. The lowest BCUT2D eigenvalue weighted by molar-refractivity contribution is 0.199. The molecule has 4 heteroatoms. The Bertz CT molecular complexity index is 430. The fraction of sp³-hybridized carbons (Fsp3) is 0.625. The van der Waals surface area contributed by atoms with Gasteiger partial charge in [0, 0.05) is 12.6 Å². The Morgan fingerprint density at radius 2 is 2.00 bits per heavy atom. The highest BCUT2D eigenvalue weighted by Gasteiger charge is 2.23. The highest BCUT2D eigenvalue weighted by atomic mass is 35.5. The standard InChI is InChI=1S/C16H24ClNO2/c1-12(20)13-7-8-16(15(17)11-13)18(9-10-19)14-5-3-2-4-6-14/h7-8,11-12,14,19-20H,2-6,9-10H2,1H3/t12-/m1/s1. The van der Waals surface area contributed by atoms with Gasteiger partial charge in [-0.3, -0.25) is 0 Å². The van der Waals surface area contributed by atoms with Gasteiger partial charge in [0.15, 0.2) is 0 Å². The first-order valence-electron chi connectivity index (χ1n) is 7.48. The van der Waals surface area contributed by atoms with Crippen LogP contribution in [0.25, 0.3) is 0 Å². The quantitative estimate of drug-likeness (QED) is 0.874. The maximum atomic E-state index is 9.62. The van der Waals surface area contributed by atoms with Crippen LogP contribution in [0, 0.1) is 0 Å². The maximum absolute atomic E-state index is 9.62. The SMILES string of the molecule is C[C@@H](O)c1ccc(N(CCO)C2CCCCC2)c(Cl)c1. The van der Waals surface area contributed by atoms with E-state index in [1.54, 1.807) is 6.92 Å². The minimum atomic E-state index is -0.512. The van der Waals surface area contributed by atoms with Crippen LogP contribution in [-0.2, 0) is 0 Å². The Kier molecular flexibility index (Phi) is 5.70. The lowest BCUT2D eigenvalue weighted by atomic mass is 9.93. The third-order valence-corrected chi connectivity index (χ3v) is 4.42. The number of rotatable bonds is 5. The molecular formula is C16H24ClNO2. The van der Waals surface area contributed by atoms with Crippen molar-refractivity contribution in [3.05, 3.63) is 28.8 Å². The zero-order valence-electron chi connectivity index (χ0n) is 12.1. The zero-order chi connectivity index (χ0) is 14.5. The van der Waals surface area contributed by atoms with E-state index in [-0.39, 0.29) is 6.61 Å². The second kappa shape index (κ2) is 7.30. The Morgan fingerprint density at radius 1 is 1.30 bits per heavy atom. The topological polar surface area (TPSA) is 43.7 Å². The van der Waals surface area contributed by atoms with E-state index in [1.807, 2.05) is 18.2 Å². The Morgan fingerprint density at radius 3 is 2.55 bits per heavy atom. The molecule has 20 heavy (non-hydrogen) atoms. The van der Waals surface area contributed by atoms with Crippen LogP contribution < -0.4 is 4.90 Å². The van der Waals surface area contributed by atoms with E-state index in [0.29, 0.717) is 17.6 Å². The van der Waals surface area contributed by atoms with Crippen LogP contribution in [0.1, 0.15) is 50.7 Å². The molecule has 3 nitrogen and oxygen atoms in total. The number of aliphatic hydroxyl groups excluding tert-OH is 2. The molecule has 0 radical (unpaired) electrons. The predicted octanol–water partition coefficient (Wildman–Crippen LogP) is 3.52. The number of aliphatic hydroxyl groups is 2. The van der Waals surface area contributed by atoms with Crippen LogP contribution >= 0.6 is 11.6 Å². The summed E-state index contributed by atoms with van der Waals surface area (Å²) >= 11 is 6.39. The van der Waals surface area contributed by atoms with Gasteiger partial charge in [0.05, 0.1) is 23.4 Å². The molecule has 1 aromatic rings. The van der Waals surface area contributed by atoms with Crippen LogP contribution in [0.15, 0.2) is 18.2 Å². The van der Waals surface area contributed by atoms with Crippen LogP contribution in [0.3, 0.4) is 0 Å². The first-order chi connectivity index (χ1) is 9.63. The molecule has 1 aliphatic rings. The van der Waals surface area contributed by atoms with Gasteiger partial charge in [-0.05, 0) is 37.5 Å². The summed E-state index contributed by atoms with van der Waals surface area (Å²) in [6.45, 7) is 2.47. The summed E-state index contributed by atoms with van der Waals surface area (Å²) in [5, 5.41) is 19.6. The van der Waals surface area contributed by atoms with Crippen molar-refractivity contribution in [3.8, 4) is 0 Å². The van der Waals surface area contributed by atoms with Gasteiger partial charge in [0.2, 0.25) is 0 Å². The van der Waals surface area contributed by atoms with Crippen LogP contribution in [0.4, 0.5) is 5.69 Å². The van der Waals surface area contributed by atoms with Crippen molar-refractivity contribution in [2.45, 2.75) is 51.2 Å². The molecule has 1 fully saturated rings. The summed E-state index contributed by atoms with van der Waals surface area (Å²) in [6, 6.07) is 6.17. The van der Waals surface area contributed by atoms with Gasteiger partial charge in [0.1, 0.15) is 0 Å². The maximum Gasteiger partial charge on any atom is 0.0762 e. The lowest BCUT2D eigenvalue weighted by Gasteiger charge is -2.36. The van der Waals surface area contributed by atoms with Crippen molar-refractivity contribution in [2.24, 2.45) is 0 Å². The number of nitrogens with zero attached hydrogens (tertiary/aromatic N) is 1. The molecule has 2 rings (SSSR count). The molecule has 0 bridgehead atoms. The number of anilines is 1. The molecule has 1 aliphatic carbocycles. The van der Waals surface area contributed by atoms with Crippen molar-refractivity contribution < 1.29 is 10.2 Å². The summed E-state index contributed by atoms with van der Waals surface area (Å²) < 4.78 is 0. The van der Waals surface area contributed by atoms with Crippen molar-refractivity contribution in [3.63, 3.8) is 0 Å². The van der Waals surface area contributed by atoms with Gasteiger partial charge in [-0.2, -0.15) is 0 Å². The molecule has 0 heterocycles. The fourth-order valence-corrected chi connectivity index (χ4v) is 3.31. The normalized spacial score (nSPS) is 18.0. The highest BCUT2D eigenvalue weighted by molar-refractivity contribution is 6.33. The summed E-state index contributed by atoms with van der Waals surface area (Å²) in [4.78, 5) is 2.23. The summed E-state index contributed by atoms with van der Waals surface area (Å²) in [6.07, 6.45) is 5.61. The Balaban J connectivity index is 2.24. The Labute approximate surface area is 126 Å². The van der Waals surface area contributed by atoms with E-state index in [0.717, 1.165) is 24.1 Å². The number of benzene rings is 1. The van der Waals surface area contributed by atoms with Gasteiger partial charge in [-0.1, -0.05) is 36.9 Å². The molecule has 112 valence electrons. The van der Waals surface area contributed by atoms with E-state index >= 15 is 0 Å². The minimum Gasteiger partial charge on any atom is -0.395 e. The highest BCUT2D eigenvalue weighted by Crippen LogP contribution is 2.33. The average molecular weight is 298 g/mol. The number of hydrogen-bond acceptors (Lipinski definition) is 3. The summed E-state index contributed by atoms with van der Waals surface area (Å²) in [5.74, 6) is 0. The van der Waals surface area contributed by atoms with Crippen molar-refractivity contribution >= 4 is 17.3 Å². The second-order valence-electron chi connectivity index (χ2n) is 5.60. The van der Waals surface area contributed by atoms with E-state index in [9.17, 15) is 10.2 Å². The van der Waals surface area contributed by atoms with Crippen molar-refractivity contribution in [1.29, 1.82) is 0 Å². The van der Waals surface area contributed by atoms with E-state index in [1.165, 1.54) is 19.3 Å². The van der Waals surface area contributed by atoms with Crippen LogP contribution in [0.2, 0.25) is 5.02 Å². The van der Waals surface area contributed by atoms with E-state index in [2.05, 4.69) is 4.90 Å². The van der Waals surface area contributed by atoms with Crippen molar-refractivity contribution in [1.82, 2.24) is 0 Å². The number of halogens is 1. The first-order valence-corrected chi connectivity index (χ1v) is 7.86. The third-order valence-electron chi connectivity index (χ3n) is 4.12. The second-order valence-corrected chi connectivity index (χ2v) is 6.00. The molecule has 0 aliphatic heterocycles. The fourth-order valence-electron chi connectivity index (χ4n) is 3.02. The van der Waals surface area contributed by atoms with Crippen LogP contribution in [0.5, 0.6) is 0 Å². The van der Waals surface area contributed by atoms with E-state index in [4.69, 9.17) is 11.6 Å². The van der Waals surface area contributed by atoms with Gasteiger partial charge in [-0.15, -0.1) is 0 Å². The summed E-state index contributed by atoms with van der Waals surface area (Å²) in [7, 11) is 0. The van der Waals surface area contributed by atoms with Crippen molar-refractivity contribution in [2.75, 3.05) is 18.1 Å². The molecule has 2 N–H and O–H groups in total. The monoisotopic (exact) mass is 297 g/mol. The minimum absolute atomic E-state index is 0.130. The summed E-state index contributed by atoms with van der Waals surface area (Å²) in [5.41, 5.74) is 1.79. The first kappa shape index (κ1) is 15.6. The number of hydrogen-bond donors (Lipinski definition) is 2. The van der Waals surface area contributed by atoms with Crippen LogP contribution in [-0.4, -0.2) is 29.4 Å². The third kappa shape index (κ3) is 3.66. The molecule has 0 amide bonds. The zero-order valence-corrected chi connectivity index (χ0v) is 12.8. The lowest BCUT2D eigenvalue weighted by Crippen LogP contribution is -2.39. The van der Waals surface area contributed by atoms with Gasteiger partial charge < -0.3 is 15.1 Å². The van der Waals surface area contributed by atoms with Gasteiger partial charge in [0.25, 0.3) is 0 Å². The molecule has 0 spiro atoms. The van der Waals surface area contributed by atoms with Gasteiger partial charge in [-0.25, -0.2) is 0 Å². The molecular weight excluding hydrogens is 274 g/mol. The molecule has 1 aromatic carbocycles. The smallest absolute Gasteiger partial charge is 0.0762 e. The molecule has 1 atom stereocenters. The molecule has 0 saturated heterocycles. The van der Waals surface area contributed by atoms with Gasteiger partial charge >= 0.3 is 0 Å². The average Bonchev–Trinajstić information content (AvgIpc) is 2.46. The Hall–Kier alpha value is -0.770. The molecule has 0 unspecified atom stereocenters. The molecule has 0 aromatic heterocycles. The molecule has 1 saturated carbocycles. The largest absolute Gasteiger partial charge is 0.395 e.